The van der Waals surface area contributed by atoms with Crippen LogP contribution in [0.2, 0.25) is 0 Å². The highest BCUT2D eigenvalue weighted by Gasteiger charge is 2.18. The average molecular weight is 192 g/mol. The van der Waals surface area contributed by atoms with E-state index in [1.165, 1.54) is 7.98 Å². The summed E-state index contributed by atoms with van der Waals surface area (Å²) in [6, 6.07) is 0. The van der Waals surface area contributed by atoms with Gasteiger partial charge in [-0.15, -0.1) is 0 Å². The molecule has 8 heteroatoms. The van der Waals surface area contributed by atoms with Crippen molar-refractivity contribution in [1.82, 2.24) is 4.92 Å². The summed E-state index contributed by atoms with van der Waals surface area (Å²) < 4.78 is 16.7. The lowest BCUT2D eigenvalue weighted by Crippen LogP contribution is -2.39. The van der Waals surface area contributed by atoms with Gasteiger partial charge in [0.15, 0.2) is 0 Å². The number of nitrogens with two attached hydrogens (primary N) is 1. The van der Waals surface area contributed by atoms with Crippen LogP contribution in [0.3, 0.4) is 0 Å². The normalized spacial score (nSPS) is 14.9. The van der Waals surface area contributed by atoms with Crippen LogP contribution in [0.1, 0.15) is 6.92 Å². The summed E-state index contributed by atoms with van der Waals surface area (Å²) in [4.78, 5) is 11.6. The summed E-state index contributed by atoms with van der Waals surface area (Å²) in [5.41, 5.74) is 0. The molecule has 0 saturated carbocycles. The molecule has 4 nitrogen and oxygen atoms in total. The maximum absolute atomic E-state index is 12.0. The van der Waals surface area contributed by atoms with Crippen molar-refractivity contribution in [3.8, 4) is 0 Å². The van der Waals surface area contributed by atoms with Gasteiger partial charge in [0.1, 0.15) is 14.0 Å². The number of hydrogen-bond acceptors (Lipinski definition) is 4. The molecule has 2 atom stereocenters. The van der Waals surface area contributed by atoms with Gasteiger partial charge in [-0.25, -0.2) is 4.79 Å². The molecular weight excluding hydrogens is 181 g/mol. The van der Waals surface area contributed by atoms with Crippen LogP contribution in [0.5, 0.6) is 0 Å². The van der Waals surface area contributed by atoms with Crippen molar-refractivity contribution in [3.05, 3.63) is 0 Å². The summed E-state index contributed by atoms with van der Waals surface area (Å²) >= 11 is 0.150. The van der Waals surface area contributed by atoms with Crippen LogP contribution in [-0.4, -0.2) is 38.1 Å². The molecule has 12 heavy (non-hydrogen) atoms. The highest BCUT2D eigenvalue weighted by Crippen LogP contribution is 2.14. The maximum Gasteiger partial charge on any atom is 0.411 e. The number of carbonyl (C=O) groups excluding carboxylic acids is 1. The van der Waals surface area contributed by atoms with Gasteiger partial charge in [0.25, 0.3) is 0 Å². The number of nitrogens with zero attached hydrogens (tertiary/aromatic N) is 1. The number of ether oxygens (including phenoxy) is 1. The number of hydrazine groups is 1. The Morgan fingerprint density at radius 2 is 2.33 bits per heavy atom. The van der Waals surface area contributed by atoms with E-state index in [9.17, 15) is 8.68 Å². The third-order valence-electron chi connectivity index (χ3n) is 1.38. The third-order valence-corrected chi connectivity index (χ3v) is 2.04. The second-order valence-corrected chi connectivity index (χ2v) is 3.42. The number of rotatable bonds is 3. The zero-order chi connectivity index (χ0) is 9.72. The van der Waals surface area contributed by atoms with Crippen molar-refractivity contribution in [2.45, 2.75) is 18.2 Å². The summed E-state index contributed by atoms with van der Waals surface area (Å²) in [5, 5.41) is -0.381. The molecule has 0 aliphatic carbocycles. The predicted octanol–water partition coefficient (Wildman–Crippen LogP) is -1.19. The van der Waals surface area contributed by atoms with Gasteiger partial charge in [-0.05, 0) is 6.92 Å². The van der Waals surface area contributed by atoms with Gasteiger partial charge >= 0.3 is 6.09 Å². The molecule has 0 aliphatic rings. The molecular formula is C4H11B2FN2O2S. The minimum atomic E-state index is -0.664. The first-order chi connectivity index (χ1) is 5.49. The number of carbonyl (C=O) groups is 1. The first-order valence-electron chi connectivity index (χ1n) is 3.45. The molecule has 0 heterocycles. The molecule has 0 aromatic carbocycles. The van der Waals surface area contributed by atoms with E-state index in [2.05, 4.69) is 0 Å². The Bertz CT molecular complexity index is 162. The molecule has 0 radical (unpaired) electrons. The van der Waals surface area contributed by atoms with E-state index in [-0.39, 0.29) is 17.3 Å². The highest BCUT2D eigenvalue weighted by molar-refractivity contribution is 7.96. The van der Waals surface area contributed by atoms with Crippen molar-refractivity contribution in [2.75, 3.05) is 0 Å². The van der Waals surface area contributed by atoms with Crippen molar-refractivity contribution in [1.29, 1.82) is 0 Å². The Labute approximate surface area is 77.1 Å². The van der Waals surface area contributed by atoms with Crippen LogP contribution in [0, 0.1) is 0 Å². The monoisotopic (exact) mass is 192 g/mol. The summed E-state index contributed by atoms with van der Waals surface area (Å²) in [5.74, 6) is 5.08. The molecule has 2 unspecified atom stereocenters. The fourth-order valence-corrected chi connectivity index (χ4v) is 0.611. The Morgan fingerprint density at radius 3 is 2.67 bits per heavy atom. The second-order valence-electron chi connectivity index (χ2n) is 2.49. The molecule has 0 bridgehead atoms. The zero-order valence-electron chi connectivity index (χ0n) is 7.28. The van der Waals surface area contributed by atoms with Crippen LogP contribution in [0.15, 0.2) is 0 Å². The fourth-order valence-electron chi connectivity index (χ4n) is 0.410. The predicted molar refractivity (Wildman–Crippen MR) is 51.5 cm³/mol. The van der Waals surface area contributed by atoms with Crippen molar-refractivity contribution in [3.63, 3.8) is 0 Å². The lowest BCUT2D eigenvalue weighted by molar-refractivity contribution is 0.0952. The molecule has 68 valence electrons. The molecule has 0 saturated heterocycles. The Morgan fingerprint density at radius 1 is 1.83 bits per heavy atom. The fraction of sp³-hybridized carbons (Fsp3) is 0.750. The van der Waals surface area contributed by atoms with Gasteiger partial charge in [0, 0.05) is 17.3 Å². The Balaban J connectivity index is 3.83. The van der Waals surface area contributed by atoms with E-state index in [4.69, 9.17) is 10.6 Å². The molecule has 0 aromatic heterocycles. The quantitative estimate of drug-likeness (QED) is 0.264. The lowest BCUT2D eigenvalue weighted by Gasteiger charge is -2.19. The molecule has 0 rings (SSSR count). The third kappa shape index (κ3) is 3.87. The van der Waals surface area contributed by atoms with E-state index in [0.717, 1.165) is 4.92 Å². The zero-order valence-corrected chi connectivity index (χ0v) is 8.10. The smallest absolute Gasteiger partial charge is 0.411 e. The van der Waals surface area contributed by atoms with E-state index < -0.39 is 12.2 Å². The van der Waals surface area contributed by atoms with Gasteiger partial charge in [-0.3, -0.25) is 5.84 Å². The van der Waals surface area contributed by atoms with Crippen LogP contribution < -0.4 is 5.84 Å². The summed E-state index contributed by atoms with van der Waals surface area (Å²) in [6.45, 7) is 1.61. The highest BCUT2D eigenvalue weighted by atomic mass is 32.2. The first kappa shape index (κ1) is 11.6. The van der Waals surface area contributed by atoms with Gasteiger partial charge in [0.05, 0.1) is 0 Å². The van der Waals surface area contributed by atoms with Crippen molar-refractivity contribution in [2.24, 2.45) is 5.84 Å². The van der Waals surface area contributed by atoms with Gasteiger partial charge in [0.2, 0.25) is 7.98 Å². The van der Waals surface area contributed by atoms with E-state index in [0.29, 0.717) is 0 Å². The standard InChI is InChI=1S/C4H11B2FN2O2S/c1-2(3(5)12-7)11-4(10)9(6)8/h2-3H,5-6,8H2,1H3. The number of amides is 1. The molecule has 1 amide bonds. The van der Waals surface area contributed by atoms with Gasteiger partial charge in [-0.1, -0.05) is 0 Å². The SMILES string of the molecule is BC(SF)C(C)OC(=O)N(B)N. The minimum Gasteiger partial charge on any atom is -0.446 e. The van der Waals surface area contributed by atoms with Crippen LogP contribution in [0.25, 0.3) is 0 Å². The first-order valence-corrected chi connectivity index (χ1v) is 4.23. The van der Waals surface area contributed by atoms with Crippen molar-refractivity contribution >= 4 is 34.1 Å². The number of hydrogen-bond donors (Lipinski definition) is 1. The van der Waals surface area contributed by atoms with E-state index >= 15 is 0 Å². The van der Waals surface area contributed by atoms with Crippen LogP contribution in [0.4, 0.5) is 8.68 Å². The Kier molecular flexibility index (Phi) is 5.15. The summed E-state index contributed by atoms with van der Waals surface area (Å²) in [7, 11) is 2.99. The largest absolute Gasteiger partial charge is 0.446 e. The molecule has 0 aliphatic heterocycles. The van der Waals surface area contributed by atoms with Crippen molar-refractivity contribution < 1.29 is 13.4 Å². The lowest BCUT2D eigenvalue weighted by atomic mass is 9.99. The average Bonchev–Trinajstić information content (AvgIpc) is 2.02. The second kappa shape index (κ2) is 5.31. The molecule has 0 aromatic rings. The minimum absolute atomic E-state index is 0.150. The van der Waals surface area contributed by atoms with Gasteiger partial charge in [-0.2, -0.15) is 3.89 Å². The molecule has 0 fully saturated rings. The van der Waals surface area contributed by atoms with Crippen LogP contribution >= 0.6 is 12.1 Å². The summed E-state index contributed by atoms with van der Waals surface area (Å²) in [6.07, 6.45) is -1.15. The van der Waals surface area contributed by atoms with E-state index in [1.807, 2.05) is 0 Å². The maximum atomic E-state index is 12.0. The van der Waals surface area contributed by atoms with E-state index in [1.54, 1.807) is 14.8 Å². The topological polar surface area (TPSA) is 55.6 Å². The number of halogens is 1. The van der Waals surface area contributed by atoms with Gasteiger partial charge < -0.3 is 9.66 Å². The molecule has 2 N–H and O–H groups in total. The van der Waals surface area contributed by atoms with Crippen LogP contribution in [-0.2, 0) is 4.74 Å². The Hall–Kier alpha value is -0.360. The molecule has 0 spiro atoms.